The number of methoxy groups -OCH3 is 1. The molecule has 0 bridgehead atoms. The van der Waals surface area contributed by atoms with Gasteiger partial charge in [0.25, 0.3) is 0 Å². The molecule has 106 valence electrons. The molecule has 0 fully saturated rings. The van der Waals surface area contributed by atoms with Crippen LogP contribution in [0.2, 0.25) is 0 Å². The fraction of sp³-hybridized carbons (Fsp3) is 0.625. The van der Waals surface area contributed by atoms with E-state index in [9.17, 15) is 0 Å². The van der Waals surface area contributed by atoms with Gasteiger partial charge in [-0.1, -0.05) is 25.1 Å². The van der Waals surface area contributed by atoms with Crippen molar-refractivity contribution in [2.45, 2.75) is 39.3 Å². The van der Waals surface area contributed by atoms with Crippen molar-refractivity contribution in [3.05, 3.63) is 29.3 Å². The minimum absolute atomic E-state index is 0.590. The standard InChI is InChI=1S/C16H26N2O/c1-4-13(2)18(10-11-19-3)12-15-7-5-6-14-8-9-17-16(14)15/h5-7,13,17H,4,8-12H2,1-3H3. The van der Waals surface area contributed by atoms with Crippen LogP contribution in [0.4, 0.5) is 5.69 Å². The molecule has 0 saturated heterocycles. The maximum Gasteiger partial charge on any atom is 0.0589 e. The molecular formula is C16H26N2O. The molecule has 3 heteroatoms. The topological polar surface area (TPSA) is 24.5 Å². The lowest BCUT2D eigenvalue weighted by Gasteiger charge is -2.29. The summed E-state index contributed by atoms with van der Waals surface area (Å²) in [5.74, 6) is 0. The van der Waals surface area contributed by atoms with E-state index in [1.807, 2.05) is 0 Å². The average Bonchev–Trinajstić information content (AvgIpc) is 2.91. The highest BCUT2D eigenvalue weighted by Crippen LogP contribution is 2.27. The molecule has 0 aromatic heterocycles. The molecule has 1 aromatic carbocycles. The quantitative estimate of drug-likeness (QED) is 0.817. The zero-order valence-corrected chi connectivity index (χ0v) is 12.4. The molecule has 1 N–H and O–H groups in total. The molecule has 0 saturated carbocycles. The highest BCUT2D eigenvalue weighted by Gasteiger charge is 2.18. The van der Waals surface area contributed by atoms with Crippen molar-refractivity contribution in [1.29, 1.82) is 0 Å². The van der Waals surface area contributed by atoms with E-state index in [1.54, 1.807) is 7.11 Å². The van der Waals surface area contributed by atoms with Crippen LogP contribution in [-0.4, -0.2) is 37.7 Å². The third-order valence-electron chi connectivity index (χ3n) is 4.10. The molecule has 3 nitrogen and oxygen atoms in total. The maximum atomic E-state index is 5.24. The first-order valence-electron chi connectivity index (χ1n) is 7.33. The molecule has 0 spiro atoms. The van der Waals surface area contributed by atoms with Crippen LogP contribution in [0.5, 0.6) is 0 Å². The van der Waals surface area contributed by atoms with Gasteiger partial charge in [0, 0.05) is 38.5 Å². The fourth-order valence-electron chi connectivity index (χ4n) is 2.68. The van der Waals surface area contributed by atoms with Gasteiger partial charge in [-0.2, -0.15) is 0 Å². The van der Waals surface area contributed by atoms with Crippen molar-refractivity contribution in [2.24, 2.45) is 0 Å². The third-order valence-corrected chi connectivity index (χ3v) is 4.10. The van der Waals surface area contributed by atoms with E-state index < -0.39 is 0 Å². The number of hydrogen-bond acceptors (Lipinski definition) is 3. The molecule has 1 atom stereocenters. The zero-order chi connectivity index (χ0) is 13.7. The van der Waals surface area contributed by atoms with Crippen LogP contribution in [0.3, 0.4) is 0 Å². The Hall–Kier alpha value is -1.06. The van der Waals surface area contributed by atoms with Crippen LogP contribution < -0.4 is 5.32 Å². The predicted octanol–water partition coefficient (Wildman–Crippen LogP) is 2.90. The summed E-state index contributed by atoms with van der Waals surface area (Å²) >= 11 is 0. The largest absolute Gasteiger partial charge is 0.384 e. The number of para-hydroxylation sites is 1. The Balaban J connectivity index is 2.10. The lowest BCUT2D eigenvalue weighted by atomic mass is 10.1. The summed E-state index contributed by atoms with van der Waals surface area (Å²) < 4.78 is 5.24. The summed E-state index contributed by atoms with van der Waals surface area (Å²) in [5, 5.41) is 3.53. The van der Waals surface area contributed by atoms with Crippen molar-refractivity contribution in [2.75, 3.05) is 32.1 Å². The smallest absolute Gasteiger partial charge is 0.0589 e. The molecule has 0 aliphatic carbocycles. The van der Waals surface area contributed by atoms with Crippen molar-refractivity contribution >= 4 is 5.69 Å². The van der Waals surface area contributed by atoms with E-state index in [2.05, 4.69) is 42.3 Å². The van der Waals surface area contributed by atoms with Gasteiger partial charge in [-0.05, 0) is 30.9 Å². The molecule has 1 aliphatic heterocycles. The Morgan fingerprint density at radius 3 is 3.00 bits per heavy atom. The van der Waals surface area contributed by atoms with E-state index in [0.717, 1.165) is 32.7 Å². The molecule has 0 amide bonds. The Kier molecular flexibility index (Phi) is 5.23. The first-order valence-corrected chi connectivity index (χ1v) is 7.33. The second kappa shape index (κ2) is 6.92. The van der Waals surface area contributed by atoms with E-state index in [4.69, 9.17) is 4.74 Å². The van der Waals surface area contributed by atoms with Crippen LogP contribution in [0, 0.1) is 0 Å². The van der Waals surface area contributed by atoms with E-state index in [0.29, 0.717) is 6.04 Å². The van der Waals surface area contributed by atoms with Crippen molar-refractivity contribution in [1.82, 2.24) is 4.90 Å². The molecule has 1 heterocycles. The number of nitrogens with one attached hydrogen (secondary N) is 1. The highest BCUT2D eigenvalue weighted by molar-refractivity contribution is 5.61. The first kappa shape index (κ1) is 14.4. The summed E-state index contributed by atoms with van der Waals surface area (Å²) in [4.78, 5) is 2.51. The monoisotopic (exact) mass is 262 g/mol. The van der Waals surface area contributed by atoms with Gasteiger partial charge in [0.05, 0.1) is 6.61 Å². The zero-order valence-electron chi connectivity index (χ0n) is 12.4. The van der Waals surface area contributed by atoms with Gasteiger partial charge in [-0.25, -0.2) is 0 Å². The number of nitrogens with zero attached hydrogens (tertiary/aromatic N) is 1. The Morgan fingerprint density at radius 1 is 1.42 bits per heavy atom. The Morgan fingerprint density at radius 2 is 2.26 bits per heavy atom. The van der Waals surface area contributed by atoms with Gasteiger partial charge in [0.1, 0.15) is 0 Å². The lowest BCUT2D eigenvalue weighted by molar-refractivity contribution is 0.118. The molecule has 0 radical (unpaired) electrons. The maximum absolute atomic E-state index is 5.24. The summed E-state index contributed by atoms with van der Waals surface area (Å²) in [6, 6.07) is 7.26. The van der Waals surface area contributed by atoms with Crippen molar-refractivity contribution < 1.29 is 4.74 Å². The molecule has 2 rings (SSSR count). The van der Waals surface area contributed by atoms with E-state index >= 15 is 0 Å². The van der Waals surface area contributed by atoms with Gasteiger partial charge in [-0.3, -0.25) is 4.90 Å². The average molecular weight is 262 g/mol. The molecule has 19 heavy (non-hydrogen) atoms. The third kappa shape index (κ3) is 3.48. The summed E-state index contributed by atoms with van der Waals surface area (Å²) in [5.41, 5.74) is 4.26. The van der Waals surface area contributed by atoms with Crippen molar-refractivity contribution in [3.63, 3.8) is 0 Å². The molecular weight excluding hydrogens is 236 g/mol. The van der Waals surface area contributed by atoms with Gasteiger partial charge in [-0.15, -0.1) is 0 Å². The fourth-order valence-corrected chi connectivity index (χ4v) is 2.68. The van der Waals surface area contributed by atoms with Gasteiger partial charge >= 0.3 is 0 Å². The molecule has 1 aliphatic rings. The molecule has 1 aromatic rings. The van der Waals surface area contributed by atoms with Crippen LogP contribution in [0.1, 0.15) is 31.4 Å². The number of hydrogen-bond donors (Lipinski definition) is 1. The van der Waals surface area contributed by atoms with Crippen LogP contribution >= 0.6 is 0 Å². The van der Waals surface area contributed by atoms with Crippen LogP contribution in [-0.2, 0) is 17.7 Å². The van der Waals surface area contributed by atoms with Crippen molar-refractivity contribution in [3.8, 4) is 0 Å². The normalized spacial score (nSPS) is 15.4. The molecule has 1 unspecified atom stereocenters. The second-order valence-corrected chi connectivity index (χ2v) is 5.35. The van der Waals surface area contributed by atoms with Crippen LogP contribution in [0.15, 0.2) is 18.2 Å². The van der Waals surface area contributed by atoms with Gasteiger partial charge in [0.2, 0.25) is 0 Å². The first-order chi connectivity index (χ1) is 9.26. The number of fused-ring (bicyclic) bond motifs is 1. The van der Waals surface area contributed by atoms with E-state index in [1.165, 1.54) is 23.2 Å². The number of benzene rings is 1. The minimum atomic E-state index is 0.590. The van der Waals surface area contributed by atoms with E-state index in [-0.39, 0.29) is 0 Å². The lowest BCUT2D eigenvalue weighted by Crippen LogP contribution is -2.35. The Bertz CT molecular complexity index is 406. The summed E-state index contributed by atoms with van der Waals surface area (Å²) in [6.45, 7) is 8.43. The summed E-state index contributed by atoms with van der Waals surface area (Å²) in [7, 11) is 1.77. The highest BCUT2D eigenvalue weighted by atomic mass is 16.5. The Labute approximate surface area is 116 Å². The second-order valence-electron chi connectivity index (χ2n) is 5.35. The predicted molar refractivity (Wildman–Crippen MR) is 80.7 cm³/mol. The van der Waals surface area contributed by atoms with Crippen LogP contribution in [0.25, 0.3) is 0 Å². The minimum Gasteiger partial charge on any atom is -0.384 e. The van der Waals surface area contributed by atoms with Gasteiger partial charge < -0.3 is 10.1 Å². The number of rotatable bonds is 7. The number of anilines is 1. The number of ether oxygens (including phenoxy) is 1. The summed E-state index contributed by atoms with van der Waals surface area (Å²) in [6.07, 6.45) is 2.33. The van der Waals surface area contributed by atoms with Gasteiger partial charge in [0.15, 0.2) is 0 Å². The SMILES string of the molecule is CCC(C)N(CCOC)Cc1cccc2c1NCC2.